The number of rotatable bonds is 15. The van der Waals surface area contributed by atoms with E-state index in [2.05, 4.69) is 73.9 Å². The van der Waals surface area contributed by atoms with Crippen LogP contribution in [0.4, 0.5) is 0 Å². The zero-order chi connectivity index (χ0) is 25.3. The molecule has 0 spiro atoms. The summed E-state index contributed by atoms with van der Waals surface area (Å²) < 4.78 is 0. The third kappa shape index (κ3) is 11.2. The SMILES string of the molecule is C=CCCCCc1ccc(C#Cc2ccc(CCC3CCC(CCCCCCCC)CC3)cc2)cc1. The van der Waals surface area contributed by atoms with Gasteiger partial charge < -0.3 is 0 Å². The smallest absolute Gasteiger partial charge is 0.0249 e. The summed E-state index contributed by atoms with van der Waals surface area (Å²) in [6.07, 6.45) is 25.3. The molecule has 1 fully saturated rings. The van der Waals surface area contributed by atoms with Crippen molar-refractivity contribution in [2.75, 3.05) is 0 Å². The summed E-state index contributed by atoms with van der Waals surface area (Å²) in [6, 6.07) is 17.8. The average molecular weight is 483 g/mol. The van der Waals surface area contributed by atoms with Crippen LogP contribution in [0, 0.1) is 23.7 Å². The van der Waals surface area contributed by atoms with E-state index in [1.807, 2.05) is 6.08 Å². The molecule has 2 aromatic carbocycles. The summed E-state index contributed by atoms with van der Waals surface area (Å²) in [5.74, 6) is 8.64. The van der Waals surface area contributed by atoms with Gasteiger partial charge in [-0.2, -0.15) is 0 Å². The molecule has 0 radical (unpaired) electrons. The molecule has 1 saturated carbocycles. The molecule has 0 saturated heterocycles. The molecule has 1 aliphatic carbocycles. The van der Waals surface area contributed by atoms with Crippen molar-refractivity contribution < 1.29 is 0 Å². The van der Waals surface area contributed by atoms with Crippen LogP contribution in [0.25, 0.3) is 0 Å². The molecule has 0 heteroatoms. The fraction of sp³-hybridized carbons (Fsp3) is 0.556. The van der Waals surface area contributed by atoms with Gasteiger partial charge in [-0.15, -0.1) is 6.58 Å². The molecular formula is C36H50. The first-order chi connectivity index (χ1) is 17.8. The van der Waals surface area contributed by atoms with E-state index in [1.165, 1.54) is 107 Å². The lowest BCUT2D eigenvalue weighted by atomic mass is 9.77. The quantitative estimate of drug-likeness (QED) is 0.134. The van der Waals surface area contributed by atoms with E-state index in [4.69, 9.17) is 0 Å². The highest BCUT2D eigenvalue weighted by molar-refractivity contribution is 5.44. The predicted octanol–water partition coefficient (Wildman–Crippen LogP) is 10.5. The molecule has 1 aliphatic rings. The maximum Gasteiger partial charge on any atom is 0.0249 e. The second-order valence-corrected chi connectivity index (χ2v) is 11.2. The third-order valence-corrected chi connectivity index (χ3v) is 8.16. The van der Waals surface area contributed by atoms with Crippen LogP contribution in [0.3, 0.4) is 0 Å². The van der Waals surface area contributed by atoms with Crippen LogP contribution in [0.15, 0.2) is 61.2 Å². The molecule has 0 nitrogen and oxygen atoms in total. The molecule has 36 heavy (non-hydrogen) atoms. The van der Waals surface area contributed by atoms with E-state index >= 15 is 0 Å². The van der Waals surface area contributed by atoms with E-state index in [9.17, 15) is 0 Å². The topological polar surface area (TPSA) is 0 Å². The maximum atomic E-state index is 3.80. The fourth-order valence-electron chi connectivity index (χ4n) is 5.66. The molecule has 2 aromatic rings. The van der Waals surface area contributed by atoms with Gasteiger partial charge in [0, 0.05) is 11.1 Å². The Morgan fingerprint density at radius 3 is 1.75 bits per heavy atom. The Morgan fingerprint density at radius 2 is 1.17 bits per heavy atom. The Balaban J connectivity index is 1.32. The van der Waals surface area contributed by atoms with Crippen LogP contribution < -0.4 is 0 Å². The number of benzene rings is 2. The van der Waals surface area contributed by atoms with Gasteiger partial charge in [0.25, 0.3) is 0 Å². The van der Waals surface area contributed by atoms with Crippen molar-refractivity contribution in [3.8, 4) is 11.8 Å². The van der Waals surface area contributed by atoms with Crippen molar-refractivity contribution in [2.24, 2.45) is 11.8 Å². The Morgan fingerprint density at radius 1 is 0.639 bits per heavy atom. The van der Waals surface area contributed by atoms with Gasteiger partial charge in [0.1, 0.15) is 0 Å². The summed E-state index contributed by atoms with van der Waals surface area (Å²) in [4.78, 5) is 0. The van der Waals surface area contributed by atoms with E-state index in [-0.39, 0.29) is 0 Å². The molecule has 194 valence electrons. The van der Waals surface area contributed by atoms with E-state index < -0.39 is 0 Å². The first-order valence-electron chi connectivity index (χ1n) is 15.1. The third-order valence-electron chi connectivity index (χ3n) is 8.16. The van der Waals surface area contributed by atoms with Gasteiger partial charge in [-0.3, -0.25) is 0 Å². The van der Waals surface area contributed by atoms with E-state index in [0.29, 0.717) is 0 Å². The van der Waals surface area contributed by atoms with Crippen LogP contribution in [0.2, 0.25) is 0 Å². The molecule has 0 bridgehead atoms. The zero-order valence-electron chi connectivity index (χ0n) is 23.1. The second kappa shape index (κ2) is 17.2. The Bertz CT molecular complexity index is 897. The minimum atomic E-state index is 0.940. The molecule has 0 aromatic heterocycles. The van der Waals surface area contributed by atoms with Gasteiger partial charge >= 0.3 is 0 Å². The highest BCUT2D eigenvalue weighted by atomic mass is 14.3. The molecular weight excluding hydrogens is 432 g/mol. The minimum absolute atomic E-state index is 0.940. The molecule has 0 N–H and O–H groups in total. The fourth-order valence-corrected chi connectivity index (χ4v) is 5.66. The van der Waals surface area contributed by atoms with Crippen molar-refractivity contribution in [3.05, 3.63) is 83.4 Å². The van der Waals surface area contributed by atoms with Crippen molar-refractivity contribution in [2.45, 2.75) is 116 Å². The highest BCUT2D eigenvalue weighted by Crippen LogP contribution is 2.34. The molecule has 3 rings (SSSR count). The first kappa shape index (κ1) is 28.3. The van der Waals surface area contributed by atoms with Gasteiger partial charge in [-0.05, 0) is 85.8 Å². The van der Waals surface area contributed by atoms with Crippen molar-refractivity contribution in [3.63, 3.8) is 0 Å². The Labute approximate surface area is 223 Å². The number of allylic oxidation sites excluding steroid dienone is 1. The lowest BCUT2D eigenvalue weighted by Crippen LogP contribution is -2.15. The van der Waals surface area contributed by atoms with Gasteiger partial charge in [-0.1, -0.05) is 120 Å². The zero-order valence-corrected chi connectivity index (χ0v) is 23.1. The molecule has 0 amide bonds. The largest absolute Gasteiger partial charge is 0.103 e. The summed E-state index contributed by atoms with van der Waals surface area (Å²) in [6.45, 7) is 6.10. The summed E-state index contributed by atoms with van der Waals surface area (Å²) in [5, 5.41) is 0. The van der Waals surface area contributed by atoms with E-state index in [1.54, 1.807) is 0 Å². The normalized spacial score (nSPS) is 17.4. The van der Waals surface area contributed by atoms with Crippen LogP contribution in [0.5, 0.6) is 0 Å². The van der Waals surface area contributed by atoms with Crippen LogP contribution in [0.1, 0.15) is 125 Å². The van der Waals surface area contributed by atoms with Crippen molar-refractivity contribution >= 4 is 0 Å². The van der Waals surface area contributed by atoms with Crippen LogP contribution >= 0.6 is 0 Å². The van der Waals surface area contributed by atoms with Gasteiger partial charge in [-0.25, -0.2) is 0 Å². The lowest BCUT2D eigenvalue weighted by Gasteiger charge is -2.28. The van der Waals surface area contributed by atoms with Crippen LogP contribution in [-0.2, 0) is 12.8 Å². The predicted molar refractivity (Wildman–Crippen MR) is 158 cm³/mol. The number of unbranched alkanes of at least 4 members (excludes halogenated alkanes) is 7. The molecule has 0 atom stereocenters. The standard InChI is InChI=1S/C36H50/c1-3-5-7-9-10-12-14-32-17-21-34(22-18-32)24-26-36-29-27-35(28-30-36)25-23-33-19-15-31(16-20-33)13-11-8-6-4-2/h4,15-16,19-20,27-30,32,34H,2-3,5-14,17-18,21-22,24,26H2,1H3. The number of hydrogen-bond acceptors (Lipinski definition) is 0. The highest BCUT2D eigenvalue weighted by Gasteiger charge is 2.20. The maximum absolute atomic E-state index is 3.80. The summed E-state index contributed by atoms with van der Waals surface area (Å²) in [5.41, 5.74) is 5.08. The van der Waals surface area contributed by atoms with Gasteiger partial charge in [0.05, 0.1) is 0 Å². The molecule has 0 unspecified atom stereocenters. The second-order valence-electron chi connectivity index (χ2n) is 11.2. The number of aryl methyl sites for hydroxylation is 2. The minimum Gasteiger partial charge on any atom is -0.103 e. The van der Waals surface area contributed by atoms with Crippen molar-refractivity contribution in [1.82, 2.24) is 0 Å². The van der Waals surface area contributed by atoms with Gasteiger partial charge in [0.15, 0.2) is 0 Å². The van der Waals surface area contributed by atoms with E-state index in [0.717, 1.165) is 35.8 Å². The monoisotopic (exact) mass is 482 g/mol. The average Bonchev–Trinajstić information content (AvgIpc) is 2.92. The van der Waals surface area contributed by atoms with Gasteiger partial charge in [0.2, 0.25) is 0 Å². The Hall–Kier alpha value is -2.26. The number of hydrogen-bond donors (Lipinski definition) is 0. The molecule has 0 heterocycles. The first-order valence-corrected chi connectivity index (χ1v) is 15.1. The van der Waals surface area contributed by atoms with Crippen LogP contribution in [-0.4, -0.2) is 0 Å². The molecule has 0 aliphatic heterocycles. The van der Waals surface area contributed by atoms with Crippen molar-refractivity contribution in [1.29, 1.82) is 0 Å². The Kier molecular flexibility index (Phi) is 13.6. The summed E-state index contributed by atoms with van der Waals surface area (Å²) >= 11 is 0. The lowest BCUT2D eigenvalue weighted by molar-refractivity contribution is 0.248. The summed E-state index contributed by atoms with van der Waals surface area (Å²) in [7, 11) is 0.